The highest BCUT2D eigenvalue weighted by molar-refractivity contribution is 7.90. The number of hydrogen-bond acceptors (Lipinski definition) is 5. The normalized spacial score (nSPS) is 20.0. The van der Waals surface area contributed by atoms with Crippen molar-refractivity contribution in [2.75, 3.05) is 19.6 Å². The van der Waals surface area contributed by atoms with Gasteiger partial charge in [0.05, 0.1) is 17.5 Å². The highest BCUT2D eigenvalue weighted by Gasteiger charge is 2.29. The van der Waals surface area contributed by atoms with Crippen molar-refractivity contribution in [3.8, 4) is 0 Å². The van der Waals surface area contributed by atoms with Gasteiger partial charge in [0, 0.05) is 18.7 Å². The van der Waals surface area contributed by atoms with Crippen LogP contribution in [-0.2, 0) is 10.0 Å². The third-order valence-corrected chi connectivity index (χ3v) is 4.06. The molecular weight excluding hydrogens is 266 g/mol. The molecule has 1 aromatic carbocycles. The van der Waals surface area contributed by atoms with Crippen molar-refractivity contribution in [2.24, 2.45) is 4.99 Å². The predicted molar refractivity (Wildman–Crippen MR) is 72.7 cm³/mol. The summed E-state index contributed by atoms with van der Waals surface area (Å²) >= 11 is 0. The van der Waals surface area contributed by atoms with Crippen molar-refractivity contribution in [1.82, 2.24) is 10.0 Å². The van der Waals surface area contributed by atoms with Gasteiger partial charge in [0.1, 0.15) is 5.84 Å². The minimum Gasteiger partial charge on any atom is -0.392 e. The average Bonchev–Trinajstić information content (AvgIpc) is 2.61. The van der Waals surface area contributed by atoms with Gasteiger partial charge in [-0.1, -0.05) is 12.1 Å². The van der Waals surface area contributed by atoms with Crippen LogP contribution in [0.25, 0.3) is 0 Å². The zero-order valence-electron chi connectivity index (χ0n) is 10.6. The summed E-state index contributed by atoms with van der Waals surface area (Å²) in [6.45, 7) is 3.21. The molecule has 104 valence electrons. The molecule has 0 radical (unpaired) electrons. The Morgan fingerprint density at radius 2 is 2.16 bits per heavy atom. The van der Waals surface area contributed by atoms with Gasteiger partial charge in [-0.15, -0.1) is 0 Å². The molecule has 0 bridgehead atoms. The van der Waals surface area contributed by atoms with E-state index in [0.29, 0.717) is 31.0 Å². The lowest BCUT2D eigenvalue weighted by molar-refractivity contribution is 0.192. The Bertz CT molecular complexity index is 582. The van der Waals surface area contributed by atoms with Gasteiger partial charge in [0.2, 0.25) is 0 Å². The number of aliphatic hydroxyl groups is 1. The molecule has 0 amide bonds. The van der Waals surface area contributed by atoms with Crippen LogP contribution >= 0.6 is 0 Å². The fourth-order valence-corrected chi connectivity index (χ4v) is 3.06. The highest BCUT2D eigenvalue weighted by Crippen LogP contribution is 2.21. The molecule has 0 saturated heterocycles. The molecule has 1 unspecified atom stereocenters. The summed E-state index contributed by atoms with van der Waals surface area (Å²) in [6, 6.07) is 6.76. The molecule has 0 aliphatic carbocycles. The van der Waals surface area contributed by atoms with Crippen molar-refractivity contribution in [1.29, 1.82) is 0 Å². The van der Waals surface area contributed by atoms with Crippen LogP contribution in [0.15, 0.2) is 34.2 Å². The Morgan fingerprint density at radius 3 is 2.89 bits per heavy atom. The SMILES string of the molecule is CC(O)CNCCN=C1NS(=O)(=O)c2ccccc21. The molecule has 1 heterocycles. The number of benzene rings is 1. The highest BCUT2D eigenvalue weighted by atomic mass is 32.2. The summed E-state index contributed by atoms with van der Waals surface area (Å²) in [6.07, 6.45) is -0.404. The number of sulfonamides is 1. The summed E-state index contributed by atoms with van der Waals surface area (Å²) in [4.78, 5) is 4.51. The minimum atomic E-state index is -3.45. The fraction of sp³-hybridized carbons (Fsp3) is 0.417. The number of rotatable bonds is 5. The largest absolute Gasteiger partial charge is 0.392 e. The van der Waals surface area contributed by atoms with E-state index in [4.69, 9.17) is 5.11 Å². The molecule has 0 aromatic heterocycles. The van der Waals surface area contributed by atoms with Crippen LogP contribution in [0, 0.1) is 0 Å². The van der Waals surface area contributed by atoms with Crippen molar-refractivity contribution in [2.45, 2.75) is 17.9 Å². The van der Waals surface area contributed by atoms with Crippen LogP contribution in [-0.4, -0.2) is 45.1 Å². The predicted octanol–water partition coefficient (Wildman–Crippen LogP) is -0.304. The van der Waals surface area contributed by atoms with E-state index in [1.807, 2.05) is 0 Å². The molecule has 1 atom stereocenters. The van der Waals surface area contributed by atoms with Crippen LogP contribution in [0.1, 0.15) is 12.5 Å². The molecule has 0 spiro atoms. The van der Waals surface area contributed by atoms with Gasteiger partial charge in [0.25, 0.3) is 10.0 Å². The van der Waals surface area contributed by atoms with E-state index in [1.165, 1.54) is 0 Å². The molecule has 3 N–H and O–H groups in total. The van der Waals surface area contributed by atoms with Gasteiger partial charge in [-0.25, -0.2) is 8.42 Å². The lowest BCUT2D eigenvalue weighted by Gasteiger charge is -2.05. The smallest absolute Gasteiger partial charge is 0.263 e. The second-order valence-electron chi connectivity index (χ2n) is 4.39. The number of nitrogens with zero attached hydrogens (tertiary/aromatic N) is 1. The van der Waals surface area contributed by atoms with Crippen LogP contribution in [0.5, 0.6) is 0 Å². The number of aliphatic imine (C=N–C) groups is 1. The summed E-state index contributed by atoms with van der Waals surface area (Å²) in [7, 11) is -3.45. The van der Waals surface area contributed by atoms with E-state index in [0.717, 1.165) is 0 Å². The Balaban J connectivity index is 2.03. The Kier molecular flexibility index (Phi) is 4.18. The van der Waals surface area contributed by atoms with E-state index >= 15 is 0 Å². The molecule has 6 nitrogen and oxygen atoms in total. The van der Waals surface area contributed by atoms with Gasteiger partial charge in [0.15, 0.2) is 0 Å². The number of fused-ring (bicyclic) bond motifs is 1. The number of hydrogen-bond donors (Lipinski definition) is 3. The number of nitrogens with one attached hydrogen (secondary N) is 2. The Hall–Kier alpha value is -1.44. The third kappa shape index (κ3) is 3.31. The van der Waals surface area contributed by atoms with Crippen LogP contribution in [0.2, 0.25) is 0 Å². The lowest BCUT2D eigenvalue weighted by Crippen LogP contribution is -2.28. The number of aliphatic hydroxyl groups excluding tert-OH is 1. The molecule has 1 aromatic rings. The standard InChI is InChI=1S/C12H17N3O3S/c1-9(16)8-13-6-7-14-12-10-4-2-3-5-11(10)19(17,18)15-12/h2-5,9,13,16H,6-8H2,1H3,(H,14,15). The maximum atomic E-state index is 11.8. The molecule has 1 aliphatic heterocycles. The second kappa shape index (κ2) is 5.68. The first-order chi connectivity index (χ1) is 9.00. The van der Waals surface area contributed by atoms with Gasteiger partial charge in [-0.2, -0.15) is 0 Å². The zero-order chi connectivity index (χ0) is 13.9. The van der Waals surface area contributed by atoms with Crippen LogP contribution < -0.4 is 10.0 Å². The maximum Gasteiger partial charge on any atom is 0.263 e. The van der Waals surface area contributed by atoms with Crippen molar-refractivity contribution in [3.05, 3.63) is 29.8 Å². The average molecular weight is 283 g/mol. The molecule has 0 fully saturated rings. The molecule has 0 saturated carbocycles. The van der Waals surface area contributed by atoms with Crippen molar-refractivity contribution >= 4 is 15.9 Å². The molecular formula is C12H17N3O3S. The summed E-state index contributed by atoms with van der Waals surface area (Å²) < 4.78 is 26.0. The molecule has 19 heavy (non-hydrogen) atoms. The first-order valence-corrected chi connectivity index (χ1v) is 7.54. The topological polar surface area (TPSA) is 90.8 Å². The van der Waals surface area contributed by atoms with E-state index in [9.17, 15) is 8.42 Å². The first-order valence-electron chi connectivity index (χ1n) is 6.06. The van der Waals surface area contributed by atoms with Gasteiger partial charge in [-0.3, -0.25) is 9.71 Å². The van der Waals surface area contributed by atoms with E-state index in [-0.39, 0.29) is 4.90 Å². The fourth-order valence-electron chi connectivity index (χ4n) is 1.81. The Labute approximate surface area is 112 Å². The van der Waals surface area contributed by atoms with E-state index in [2.05, 4.69) is 15.0 Å². The number of amidine groups is 1. The van der Waals surface area contributed by atoms with Crippen LogP contribution in [0.3, 0.4) is 0 Å². The quantitative estimate of drug-likeness (QED) is 0.647. The van der Waals surface area contributed by atoms with Gasteiger partial charge < -0.3 is 10.4 Å². The molecule has 1 aliphatic rings. The van der Waals surface area contributed by atoms with Crippen molar-refractivity contribution in [3.63, 3.8) is 0 Å². The minimum absolute atomic E-state index is 0.269. The first kappa shape index (κ1) is 14.0. The second-order valence-corrected chi connectivity index (χ2v) is 6.04. The maximum absolute atomic E-state index is 11.8. The zero-order valence-corrected chi connectivity index (χ0v) is 11.4. The van der Waals surface area contributed by atoms with Crippen molar-refractivity contribution < 1.29 is 13.5 Å². The molecule has 2 rings (SSSR count). The molecule has 7 heteroatoms. The van der Waals surface area contributed by atoms with E-state index in [1.54, 1.807) is 31.2 Å². The summed E-state index contributed by atoms with van der Waals surface area (Å²) in [5, 5.41) is 12.1. The third-order valence-electron chi connectivity index (χ3n) is 2.66. The summed E-state index contributed by atoms with van der Waals surface area (Å²) in [5.41, 5.74) is 0.609. The van der Waals surface area contributed by atoms with Crippen LogP contribution in [0.4, 0.5) is 0 Å². The Morgan fingerprint density at radius 1 is 1.42 bits per heavy atom. The summed E-state index contributed by atoms with van der Waals surface area (Å²) in [5.74, 6) is 0.384. The van der Waals surface area contributed by atoms with E-state index < -0.39 is 16.1 Å². The monoisotopic (exact) mass is 283 g/mol. The van der Waals surface area contributed by atoms with Gasteiger partial charge >= 0.3 is 0 Å². The lowest BCUT2D eigenvalue weighted by atomic mass is 10.2. The van der Waals surface area contributed by atoms with Gasteiger partial charge in [-0.05, 0) is 19.1 Å².